The molecule has 112 valence electrons. The van der Waals surface area contributed by atoms with Crippen molar-refractivity contribution in [3.8, 4) is 0 Å². The summed E-state index contributed by atoms with van der Waals surface area (Å²) in [6.07, 6.45) is 0.510. The van der Waals surface area contributed by atoms with E-state index in [0.717, 1.165) is 0 Å². The van der Waals surface area contributed by atoms with E-state index in [4.69, 9.17) is 5.11 Å². The molecule has 1 unspecified atom stereocenters. The fraction of sp³-hybridized carbons (Fsp3) is 0.857. The summed E-state index contributed by atoms with van der Waals surface area (Å²) in [6.45, 7) is 11.1. The van der Waals surface area contributed by atoms with Gasteiger partial charge in [-0.15, -0.1) is 0 Å². The highest BCUT2D eigenvalue weighted by Gasteiger charge is 2.19. The minimum Gasteiger partial charge on any atom is -0.481 e. The maximum absolute atomic E-state index is 11.6. The third kappa shape index (κ3) is 7.03. The number of carboxylic acids is 1. The smallest absolute Gasteiger partial charge is 0.314 e. The van der Waals surface area contributed by atoms with Crippen LogP contribution >= 0.6 is 0 Å². The van der Waals surface area contributed by atoms with Gasteiger partial charge in [0.1, 0.15) is 0 Å². The van der Waals surface area contributed by atoms with Crippen molar-refractivity contribution >= 4 is 12.0 Å². The van der Waals surface area contributed by atoms with Crippen LogP contribution in [0.2, 0.25) is 0 Å². The van der Waals surface area contributed by atoms with Crippen LogP contribution in [0, 0.1) is 23.7 Å². The number of carbonyl (C=O) groups is 2. The van der Waals surface area contributed by atoms with E-state index in [1.54, 1.807) is 6.92 Å². The molecular formula is C14H28N2O3. The van der Waals surface area contributed by atoms with E-state index < -0.39 is 11.9 Å². The lowest BCUT2D eigenvalue weighted by Gasteiger charge is -2.25. The van der Waals surface area contributed by atoms with Gasteiger partial charge in [0.05, 0.1) is 5.92 Å². The highest BCUT2D eigenvalue weighted by Crippen LogP contribution is 2.19. The van der Waals surface area contributed by atoms with Gasteiger partial charge in [-0.25, -0.2) is 4.79 Å². The fourth-order valence-corrected chi connectivity index (χ4v) is 2.14. The number of rotatable bonds is 8. The average Bonchev–Trinajstić information content (AvgIpc) is 2.28. The van der Waals surface area contributed by atoms with Crippen molar-refractivity contribution in [3.63, 3.8) is 0 Å². The Balaban J connectivity index is 4.08. The molecule has 0 saturated heterocycles. The van der Waals surface area contributed by atoms with Gasteiger partial charge in [0.2, 0.25) is 0 Å². The van der Waals surface area contributed by atoms with Crippen molar-refractivity contribution in [2.45, 2.75) is 41.0 Å². The Kier molecular flexibility index (Phi) is 8.19. The highest BCUT2D eigenvalue weighted by atomic mass is 16.4. The van der Waals surface area contributed by atoms with Crippen LogP contribution in [-0.4, -0.2) is 30.2 Å². The Bertz CT molecular complexity index is 282. The van der Waals surface area contributed by atoms with Gasteiger partial charge in [-0.1, -0.05) is 34.6 Å². The predicted octanol–water partition coefficient (Wildman–Crippen LogP) is 2.32. The monoisotopic (exact) mass is 272 g/mol. The van der Waals surface area contributed by atoms with E-state index in [0.29, 0.717) is 30.7 Å². The summed E-state index contributed by atoms with van der Waals surface area (Å²) in [7, 11) is 0. The minimum absolute atomic E-state index is 0.172. The van der Waals surface area contributed by atoms with E-state index in [2.05, 4.69) is 38.3 Å². The number of amides is 2. The molecule has 0 saturated carbocycles. The number of nitrogens with one attached hydrogen (secondary N) is 2. The average molecular weight is 272 g/mol. The molecule has 0 aromatic carbocycles. The topological polar surface area (TPSA) is 78.4 Å². The second kappa shape index (κ2) is 8.77. The van der Waals surface area contributed by atoms with Gasteiger partial charge >= 0.3 is 12.0 Å². The first-order valence-corrected chi connectivity index (χ1v) is 7.04. The third-order valence-electron chi connectivity index (χ3n) is 3.56. The number of hydrogen-bond acceptors (Lipinski definition) is 2. The largest absolute Gasteiger partial charge is 0.481 e. The molecule has 0 spiro atoms. The predicted molar refractivity (Wildman–Crippen MR) is 76.0 cm³/mol. The normalized spacial score (nSPS) is 12.8. The molecule has 0 fully saturated rings. The van der Waals surface area contributed by atoms with Crippen LogP contribution < -0.4 is 10.6 Å². The third-order valence-corrected chi connectivity index (χ3v) is 3.56. The molecule has 0 aromatic heterocycles. The van der Waals surface area contributed by atoms with Crippen molar-refractivity contribution in [2.24, 2.45) is 23.7 Å². The van der Waals surface area contributed by atoms with Gasteiger partial charge in [-0.2, -0.15) is 0 Å². The Morgan fingerprint density at radius 2 is 1.47 bits per heavy atom. The van der Waals surface area contributed by atoms with E-state index in [1.165, 1.54) is 0 Å². The van der Waals surface area contributed by atoms with E-state index >= 15 is 0 Å². The molecule has 0 aromatic rings. The molecule has 0 bridgehead atoms. The fourth-order valence-electron chi connectivity index (χ4n) is 2.14. The van der Waals surface area contributed by atoms with Gasteiger partial charge in [0, 0.05) is 13.1 Å². The summed E-state index contributed by atoms with van der Waals surface area (Å²) >= 11 is 0. The molecule has 0 rings (SSSR count). The lowest BCUT2D eigenvalue weighted by atomic mass is 9.85. The molecule has 0 heterocycles. The number of carbonyl (C=O) groups excluding carboxylic acids is 1. The Hall–Kier alpha value is -1.26. The lowest BCUT2D eigenvalue weighted by Crippen LogP contribution is -2.42. The summed E-state index contributed by atoms with van der Waals surface area (Å²) in [5.41, 5.74) is 0. The van der Waals surface area contributed by atoms with E-state index in [9.17, 15) is 9.59 Å². The van der Waals surface area contributed by atoms with Crippen molar-refractivity contribution in [1.82, 2.24) is 10.6 Å². The zero-order chi connectivity index (χ0) is 15.0. The van der Waals surface area contributed by atoms with Crippen LogP contribution in [0.3, 0.4) is 0 Å². The molecule has 1 atom stereocenters. The molecule has 0 aliphatic rings. The Labute approximate surface area is 116 Å². The van der Waals surface area contributed by atoms with Crippen LogP contribution in [0.15, 0.2) is 0 Å². The molecule has 0 aliphatic heterocycles. The number of carboxylic acid groups (broad SMARTS) is 1. The molecule has 19 heavy (non-hydrogen) atoms. The maximum atomic E-state index is 11.6. The van der Waals surface area contributed by atoms with Crippen LogP contribution in [0.25, 0.3) is 0 Å². The van der Waals surface area contributed by atoms with Crippen molar-refractivity contribution < 1.29 is 14.7 Å². The maximum Gasteiger partial charge on any atom is 0.314 e. The quantitative estimate of drug-likeness (QED) is 0.634. The number of hydrogen-bond donors (Lipinski definition) is 3. The Morgan fingerprint density at radius 1 is 1.00 bits per heavy atom. The van der Waals surface area contributed by atoms with Crippen molar-refractivity contribution in [1.29, 1.82) is 0 Å². The first kappa shape index (κ1) is 17.7. The van der Waals surface area contributed by atoms with Crippen LogP contribution in [0.4, 0.5) is 4.79 Å². The minimum atomic E-state index is -0.870. The van der Waals surface area contributed by atoms with Crippen LogP contribution in [0.1, 0.15) is 41.0 Å². The number of urea groups is 1. The van der Waals surface area contributed by atoms with E-state index in [-0.39, 0.29) is 12.6 Å². The SMILES string of the molecule is CCC(CNC(=O)NCC(C(C)C)C(C)C)C(=O)O. The van der Waals surface area contributed by atoms with Gasteiger partial charge in [-0.3, -0.25) is 4.79 Å². The molecular weight excluding hydrogens is 244 g/mol. The number of aliphatic carboxylic acids is 1. The highest BCUT2D eigenvalue weighted by molar-refractivity contribution is 5.75. The molecule has 0 radical (unpaired) electrons. The zero-order valence-electron chi connectivity index (χ0n) is 12.7. The lowest BCUT2D eigenvalue weighted by molar-refractivity contribution is -0.141. The van der Waals surface area contributed by atoms with Gasteiger partial charge in [0.25, 0.3) is 0 Å². The first-order valence-electron chi connectivity index (χ1n) is 7.04. The van der Waals surface area contributed by atoms with Crippen molar-refractivity contribution in [2.75, 3.05) is 13.1 Å². The van der Waals surface area contributed by atoms with Gasteiger partial charge < -0.3 is 15.7 Å². The zero-order valence-corrected chi connectivity index (χ0v) is 12.7. The summed E-state index contributed by atoms with van der Waals surface area (Å²) in [4.78, 5) is 22.4. The van der Waals surface area contributed by atoms with Crippen molar-refractivity contribution in [3.05, 3.63) is 0 Å². The summed E-state index contributed by atoms with van der Waals surface area (Å²) in [5.74, 6) is 0.0411. The summed E-state index contributed by atoms with van der Waals surface area (Å²) < 4.78 is 0. The summed E-state index contributed by atoms with van der Waals surface area (Å²) in [6, 6.07) is -0.286. The second-order valence-corrected chi connectivity index (χ2v) is 5.69. The Morgan fingerprint density at radius 3 is 1.84 bits per heavy atom. The molecule has 2 amide bonds. The first-order chi connectivity index (χ1) is 8.79. The van der Waals surface area contributed by atoms with Gasteiger partial charge in [-0.05, 0) is 24.2 Å². The molecule has 3 N–H and O–H groups in total. The second-order valence-electron chi connectivity index (χ2n) is 5.69. The molecule has 5 heteroatoms. The summed E-state index contributed by atoms with van der Waals surface area (Å²) in [5, 5.41) is 14.3. The van der Waals surface area contributed by atoms with Gasteiger partial charge in [0.15, 0.2) is 0 Å². The van der Waals surface area contributed by atoms with E-state index in [1.807, 2.05) is 0 Å². The molecule has 0 aliphatic carbocycles. The molecule has 5 nitrogen and oxygen atoms in total. The standard InChI is InChI=1S/C14H28N2O3/c1-6-11(13(17)18)7-15-14(19)16-8-12(9(2)3)10(4)5/h9-12H,6-8H2,1-5H3,(H,17,18)(H2,15,16,19). The van der Waals surface area contributed by atoms with Crippen LogP contribution in [-0.2, 0) is 4.79 Å². The van der Waals surface area contributed by atoms with Crippen LogP contribution in [0.5, 0.6) is 0 Å².